The van der Waals surface area contributed by atoms with Crippen molar-refractivity contribution in [3.63, 3.8) is 0 Å². The Morgan fingerprint density at radius 2 is 1.86 bits per heavy atom. The second kappa shape index (κ2) is 10.3. The van der Waals surface area contributed by atoms with Crippen LogP contribution >= 0.6 is 0 Å². The molecule has 9 heteroatoms. The Balaban J connectivity index is 1.73. The van der Waals surface area contributed by atoms with E-state index in [1.54, 1.807) is 17.9 Å². The van der Waals surface area contributed by atoms with Crippen molar-refractivity contribution in [2.24, 2.45) is 11.8 Å². The summed E-state index contributed by atoms with van der Waals surface area (Å²) >= 11 is 0. The zero-order chi connectivity index (χ0) is 25.1. The maximum absolute atomic E-state index is 12.9. The molecule has 0 spiro atoms. The fourth-order valence-corrected chi connectivity index (χ4v) is 4.88. The standard InChI is InChI=1S/C26H31N3O6/c1-5-34-25(31)20-13-19-21(28-26(32)35-14-17-9-7-6-8-10-17)15(2)22(18-11-12-18)29(16(3)30)23(19)24(27-20)33-4/h6-10,13,15,18,21-22H,5,11-12,14H2,1-4H3,(H,28,32). The zero-order valence-electron chi connectivity index (χ0n) is 20.4. The van der Waals surface area contributed by atoms with Gasteiger partial charge in [0, 0.05) is 24.4 Å². The molecule has 3 atom stereocenters. The van der Waals surface area contributed by atoms with Gasteiger partial charge >= 0.3 is 12.1 Å². The summed E-state index contributed by atoms with van der Waals surface area (Å²) in [5, 5.41) is 2.98. The lowest BCUT2D eigenvalue weighted by molar-refractivity contribution is -0.117. The second-order valence-corrected chi connectivity index (χ2v) is 8.93. The molecule has 0 radical (unpaired) electrons. The van der Waals surface area contributed by atoms with E-state index in [4.69, 9.17) is 14.2 Å². The summed E-state index contributed by atoms with van der Waals surface area (Å²) in [6, 6.07) is 10.3. The van der Waals surface area contributed by atoms with E-state index >= 15 is 0 Å². The Labute approximate surface area is 204 Å². The third-order valence-corrected chi connectivity index (χ3v) is 6.54. The highest BCUT2D eigenvalue weighted by Gasteiger charge is 2.49. The van der Waals surface area contributed by atoms with E-state index in [9.17, 15) is 14.4 Å². The van der Waals surface area contributed by atoms with E-state index in [2.05, 4.69) is 10.3 Å². The topological polar surface area (TPSA) is 107 Å². The molecule has 1 fully saturated rings. The zero-order valence-corrected chi connectivity index (χ0v) is 20.4. The van der Waals surface area contributed by atoms with Crippen molar-refractivity contribution >= 4 is 23.7 Å². The summed E-state index contributed by atoms with van der Waals surface area (Å²) in [7, 11) is 1.44. The van der Waals surface area contributed by atoms with Gasteiger partial charge in [0.25, 0.3) is 0 Å². The number of hydrogen-bond donors (Lipinski definition) is 1. The summed E-state index contributed by atoms with van der Waals surface area (Å²) < 4.78 is 16.2. The normalized spacial score (nSPS) is 21.0. The SMILES string of the molecule is CCOC(=O)c1cc2c(c(OC)n1)N(C(C)=O)C(C1CC1)C(C)C2NC(=O)OCc1ccccc1. The van der Waals surface area contributed by atoms with Crippen molar-refractivity contribution in [1.29, 1.82) is 0 Å². The molecule has 1 aliphatic carbocycles. The number of nitrogens with one attached hydrogen (secondary N) is 1. The summed E-state index contributed by atoms with van der Waals surface area (Å²) in [4.78, 5) is 44.3. The van der Waals surface area contributed by atoms with Gasteiger partial charge in [-0.1, -0.05) is 37.3 Å². The van der Waals surface area contributed by atoms with Gasteiger partial charge in [-0.2, -0.15) is 0 Å². The first-order chi connectivity index (χ1) is 16.8. The van der Waals surface area contributed by atoms with Crippen LogP contribution in [0, 0.1) is 11.8 Å². The number of rotatable bonds is 7. The molecule has 2 aromatic rings. The number of ether oxygens (including phenoxy) is 3. The molecule has 35 heavy (non-hydrogen) atoms. The van der Waals surface area contributed by atoms with Crippen LogP contribution in [0.25, 0.3) is 0 Å². The van der Waals surface area contributed by atoms with Crippen LogP contribution in [0.5, 0.6) is 5.88 Å². The Kier molecular flexibility index (Phi) is 7.23. The van der Waals surface area contributed by atoms with Crippen molar-refractivity contribution in [1.82, 2.24) is 10.3 Å². The minimum absolute atomic E-state index is 0.0486. The minimum Gasteiger partial charge on any atom is -0.479 e. The number of amides is 2. The number of alkyl carbamates (subject to hydrolysis) is 1. The molecule has 1 saturated carbocycles. The monoisotopic (exact) mass is 481 g/mol. The van der Waals surface area contributed by atoms with Crippen molar-refractivity contribution in [3.8, 4) is 5.88 Å². The fourth-order valence-electron chi connectivity index (χ4n) is 4.88. The van der Waals surface area contributed by atoms with Gasteiger partial charge in [0.15, 0.2) is 5.69 Å². The van der Waals surface area contributed by atoms with Crippen LogP contribution in [0.15, 0.2) is 36.4 Å². The molecule has 0 saturated heterocycles. The first kappa shape index (κ1) is 24.5. The number of benzene rings is 1. The summed E-state index contributed by atoms with van der Waals surface area (Å²) in [5.41, 5.74) is 1.95. The lowest BCUT2D eigenvalue weighted by Crippen LogP contribution is -2.53. The Morgan fingerprint density at radius 3 is 2.46 bits per heavy atom. The molecule has 9 nitrogen and oxygen atoms in total. The van der Waals surface area contributed by atoms with Crippen molar-refractivity contribution in [3.05, 3.63) is 53.2 Å². The van der Waals surface area contributed by atoms with Crippen molar-refractivity contribution in [2.75, 3.05) is 18.6 Å². The largest absolute Gasteiger partial charge is 0.479 e. The summed E-state index contributed by atoms with van der Waals surface area (Å²) in [6.45, 7) is 5.53. The van der Waals surface area contributed by atoms with Crippen LogP contribution in [0.2, 0.25) is 0 Å². The molecule has 4 rings (SSSR count). The molecule has 1 aromatic heterocycles. The number of esters is 1. The molecule has 0 bridgehead atoms. The number of fused-ring (bicyclic) bond motifs is 1. The first-order valence-electron chi connectivity index (χ1n) is 11.9. The van der Waals surface area contributed by atoms with Gasteiger partial charge < -0.3 is 24.4 Å². The van der Waals surface area contributed by atoms with Crippen LogP contribution in [-0.2, 0) is 20.9 Å². The van der Waals surface area contributed by atoms with E-state index in [1.165, 1.54) is 14.0 Å². The number of carbonyl (C=O) groups excluding carboxylic acids is 3. The van der Waals surface area contributed by atoms with Crippen LogP contribution < -0.4 is 15.0 Å². The number of methoxy groups -OCH3 is 1. The number of nitrogens with zero attached hydrogens (tertiary/aromatic N) is 2. The lowest BCUT2D eigenvalue weighted by Gasteiger charge is -2.45. The average Bonchev–Trinajstić information content (AvgIpc) is 3.69. The third kappa shape index (κ3) is 5.08. The first-order valence-corrected chi connectivity index (χ1v) is 11.9. The predicted octanol–water partition coefficient (Wildman–Crippen LogP) is 4.02. The Bertz CT molecular complexity index is 1100. The van der Waals surface area contributed by atoms with E-state index in [-0.39, 0.29) is 42.7 Å². The second-order valence-electron chi connectivity index (χ2n) is 8.93. The fraction of sp³-hybridized carbons (Fsp3) is 0.462. The molecule has 1 N–H and O–H groups in total. The number of carbonyl (C=O) groups is 3. The van der Waals surface area contributed by atoms with Crippen LogP contribution in [0.3, 0.4) is 0 Å². The number of anilines is 1. The molecule has 1 aliphatic heterocycles. The van der Waals surface area contributed by atoms with Gasteiger partial charge in [0.2, 0.25) is 11.8 Å². The maximum Gasteiger partial charge on any atom is 0.407 e. The quantitative estimate of drug-likeness (QED) is 0.595. The highest BCUT2D eigenvalue weighted by atomic mass is 16.5. The van der Waals surface area contributed by atoms with E-state index in [0.29, 0.717) is 17.2 Å². The predicted molar refractivity (Wildman–Crippen MR) is 128 cm³/mol. The number of aromatic nitrogens is 1. The van der Waals surface area contributed by atoms with E-state index in [1.807, 2.05) is 37.3 Å². The van der Waals surface area contributed by atoms with Crippen LogP contribution in [0.1, 0.15) is 61.3 Å². The smallest absolute Gasteiger partial charge is 0.407 e. The van der Waals surface area contributed by atoms with E-state index < -0.39 is 18.1 Å². The molecular weight excluding hydrogens is 450 g/mol. The van der Waals surface area contributed by atoms with Gasteiger partial charge in [0.1, 0.15) is 12.3 Å². The van der Waals surface area contributed by atoms with Crippen LogP contribution in [0.4, 0.5) is 10.5 Å². The molecule has 2 heterocycles. The van der Waals surface area contributed by atoms with E-state index in [0.717, 1.165) is 18.4 Å². The lowest BCUT2D eigenvalue weighted by atomic mass is 9.80. The Hall–Kier alpha value is -3.62. The van der Waals surface area contributed by atoms with Crippen molar-refractivity contribution in [2.45, 2.75) is 52.3 Å². The minimum atomic E-state index is -0.606. The number of hydrogen-bond acceptors (Lipinski definition) is 7. The molecule has 3 unspecified atom stereocenters. The highest BCUT2D eigenvalue weighted by molar-refractivity contribution is 5.97. The molecular formula is C26H31N3O6. The van der Waals surface area contributed by atoms with Gasteiger partial charge in [-0.25, -0.2) is 14.6 Å². The van der Waals surface area contributed by atoms with Gasteiger partial charge in [-0.05, 0) is 37.3 Å². The maximum atomic E-state index is 12.9. The Morgan fingerprint density at radius 1 is 1.14 bits per heavy atom. The molecule has 1 aromatic carbocycles. The molecule has 2 amide bonds. The summed E-state index contributed by atoms with van der Waals surface area (Å²) in [5.74, 6) is -0.455. The van der Waals surface area contributed by atoms with Crippen LogP contribution in [-0.4, -0.2) is 42.7 Å². The third-order valence-electron chi connectivity index (χ3n) is 6.54. The van der Waals surface area contributed by atoms with Gasteiger partial charge in [-0.15, -0.1) is 0 Å². The average molecular weight is 482 g/mol. The van der Waals surface area contributed by atoms with Crippen molar-refractivity contribution < 1.29 is 28.6 Å². The molecule has 186 valence electrons. The molecule has 2 aliphatic rings. The van der Waals surface area contributed by atoms with Gasteiger partial charge in [0.05, 0.1) is 19.8 Å². The summed E-state index contributed by atoms with van der Waals surface area (Å²) in [6.07, 6.45) is 1.40. The highest BCUT2D eigenvalue weighted by Crippen LogP contribution is 2.51. The van der Waals surface area contributed by atoms with Gasteiger partial charge in [-0.3, -0.25) is 4.79 Å². The number of pyridine rings is 1.